The standard InChI is InChI=1S/C23H30O8/c1-13-4-9-18-14(2)20(27-16-7-5-15(6-8-16)26-12-19(24)25)28-21-23(18)17(13)10-11-22(3,29-21)30-31-23/h5-8,13-14,17-18,20-21H,4,9-12H2,1-3H3,(H,24,25)/t13-,14-,17+,18+,20+,21-,22-,23-/m1/s1. The van der Waals surface area contributed by atoms with Crippen molar-refractivity contribution in [2.75, 3.05) is 6.61 Å². The van der Waals surface area contributed by atoms with Gasteiger partial charge in [0, 0.05) is 18.3 Å². The van der Waals surface area contributed by atoms with Crippen LogP contribution in [-0.4, -0.2) is 41.7 Å². The first-order valence-corrected chi connectivity index (χ1v) is 11.1. The molecule has 4 aliphatic heterocycles. The van der Waals surface area contributed by atoms with Crippen molar-refractivity contribution in [3.8, 4) is 11.5 Å². The van der Waals surface area contributed by atoms with Crippen LogP contribution in [0.4, 0.5) is 0 Å². The number of carbonyl (C=O) groups is 1. The van der Waals surface area contributed by atoms with Crippen LogP contribution in [-0.2, 0) is 24.0 Å². The summed E-state index contributed by atoms with van der Waals surface area (Å²) in [4.78, 5) is 22.6. The number of carboxylic acids is 1. The molecule has 31 heavy (non-hydrogen) atoms. The van der Waals surface area contributed by atoms with E-state index < -0.39 is 29.9 Å². The van der Waals surface area contributed by atoms with E-state index in [1.807, 2.05) is 6.92 Å². The van der Waals surface area contributed by atoms with Crippen molar-refractivity contribution < 1.29 is 38.6 Å². The number of hydrogen-bond donors (Lipinski definition) is 1. The average molecular weight is 434 g/mol. The molecule has 6 rings (SSSR count). The summed E-state index contributed by atoms with van der Waals surface area (Å²) in [5, 5.41) is 8.74. The molecule has 1 aromatic rings. The maximum Gasteiger partial charge on any atom is 0.341 e. The van der Waals surface area contributed by atoms with Crippen molar-refractivity contribution in [2.45, 2.75) is 70.4 Å². The highest BCUT2D eigenvalue weighted by atomic mass is 17.3. The van der Waals surface area contributed by atoms with E-state index in [2.05, 4.69) is 13.8 Å². The predicted molar refractivity (Wildman–Crippen MR) is 107 cm³/mol. The number of rotatable bonds is 5. The van der Waals surface area contributed by atoms with Crippen molar-refractivity contribution in [2.24, 2.45) is 23.7 Å². The molecule has 0 aromatic heterocycles. The second-order valence-electron chi connectivity index (χ2n) is 9.55. The Bertz CT molecular complexity index is 827. The zero-order valence-corrected chi connectivity index (χ0v) is 18.1. The van der Waals surface area contributed by atoms with Gasteiger partial charge in [0.05, 0.1) is 0 Å². The number of benzene rings is 1. The largest absolute Gasteiger partial charge is 0.482 e. The molecule has 1 saturated carbocycles. The maximum atomic E-state index is 10.7. The van der Waals surface area contributed by atoms with Crippen LogP contribution in [0.1, 0.15) is 46.5 Å². The maximum absolute atomic E-state index is 10.7. The molecule has 8 heteroatoms. The van der Waals surface area contributed by atoms with Gasteiger partial charge in [-0.2, -0.15) is 0 Å². The molecule has 5 fully saturated rings. The smallest absolute Gasteiger partial charge is 0.341 e. The van der Waals surface area contributed by atoms with Gasteiger partial charge >= 0.3 is 5.97 Å². The van der Waals surface area contributed by atoms with Gasteiger partial charge in [-0.05, 0) is 62.3 Å². The summed E-state index contributed by atoms with van der Waals surface area (Å²) in [6, 6.07) is 6.89. The van der Waals surface area contributed by atoms with Crippen molar-refractivity contribution in [1.29, 1.82) is 0 Å². The lowest BCUT2D eigenvalue weighted by Gasteiger charge is -2.60. The summed E-state index contributed by atoms with van der Waals surface area (Å²) in [7, 11) is 0. The molecule has 170 valence electrons. The van der Waals surface area contributed by atoms with Gasteiger partial charge < -0.3 is 24.1 Å². The number of aliphatic carboxylic acids is 1. The molecule has 4 heterocycles. The Morgan fingerprint density at radius 3 is 2.58 bits per heavy atom. The lowest BCUT2D eigenvalue weighted by molar-refractivity contribution is -0.575. The Morgan fingerprint density at radius 2 is 1.84 bits per heavy atom. The van der Waals surface area contributed by atoms with Crippen LogP contribution in [0.5, 0.6) is 11.5 Å². The number of ether oxygens (including phenoxy) is 4. The minimum Gasteiger partial charge on any atom is -0.482 e. The zero-order chi connectivity index (χ0) is 21.8. The summed E-state index contributed by atoms with van der Waals surface area (Å²) in [6.07, 6.45) is 2.86. The third kappa shape index (κ3) is 3.50. The second-order valence-corrected chi connectivity index (χ2v) is 9.55. The van der Waals surface area contributed by atoms with Gasteiger partial charge in [-0.3, -0.25) is 0 Å². The van der Waals surface area contributed by atoms with E-state index >= 15 is 0 Å². The fourth-order valence-corrected chi connectivity index (χ4v) is 5.90. The second kappa shape index (κ2) is 7.62. The van der Waals surface area contributed by atoms with Crippen molar-refractivity contribution in [3.05, 3.63) is 24.3 Å². The van der Waals surface area contributed by atoms with Gasteiger partial charge in [-0.1, -0.05) is 13.8 Å². The lowest BCUT2D eigenvalue weighted by atomic mass is 9.58. The summed E-state index contributed by atoms with van der Waals surface area (Å²) < 4.78 is 24.2. The molecular weight excluding hydrogens is 404 g/mol. The molecule has 4 saturated heterocycles. The van der Waals surface area contributed by atoms with E-state index in [9.17, 15) is 4.79 Å². The van der Waals surface area contributed by atoms with Crippen LogP contribution in [0.25, 0.3) is 0 Å². The fraction of sp³-hybridized carbons (Fsp3) is 0.696. The topological polar surface area (TPSA) is 92.7 Å². The van der Waals surface area contributed by atoms with E-state index in [1.54, 1.807) is 24.3 Å². The van der Waals surface area contributed by atoms with Crippen molar-refractivity contribution in [1.82, 2.24) is 0 Å². The highest BCUT2D eigenvalue weighted by molar-refractivity contribution is 5.68. The lowest BCUT2D eigenvalue weighted by Crippen LogP contribution is -2.70. The molecule has 8 atom stereocenters. The molecule has 2 bridgehead atoms. The molecule has 1 N–H and O–H groups in total. The fourth-order valence-electron chi connectivity index (χ4n) is 5.90. The van der Waals surface area contributed by atoms with E-state index in [0.29, 0.717) is 23.3 Å². The van der Waals surface area contributed by atoms with Crippen LogP contribution in [0, 0.1) is 23.7 Å². The first-order chi connectivity index (χ1) is 14.8. The Labute approximate surface area is 181 Å². The minimum absolute atomic E-state index is 0.0730. The van der Waals surface area contributed by atoms with Crippen LogP contribution >= 0.6 is 0 Å². The molecule has 0 radical (unpaired) electrons. The van der Waals surface area contributed by atoms with Crippen molar-refractivity contribution in [3.63, 3.8) is 0 Å². The third-order valence-corrected chi connectivity index (χ3v) is 7.54. The Kier molecular flexibility index (Phi) is 5.16. The van der Waals surface area contributed by atoms with E-state index in [4.69, 9.17) is 33.8 Å². The zero-order valence-electron chi connectivity index (χ0n) is 18.1. The summed E-state index contributed by atoms with van der Waals surface area (Å²) in [6.45, 7) is 5.95. The van der Waals surface area contributed by atoms with Gasteiger partial charge in [-0.25, -0.2) is 14.6 Å². The van der Waals surface area contributed by atoms with Crippen LogP contribution in [0.2, 0.25) is 0 Å². The average Bonchev–Trinajstić information content (AvgIpc) is 2.97. The third-order valence-electron chi connectivity index (χ3n) is 7.54. The van der Waals surface area contributed by atoms with E-state index in [0.717, 1.165) is 25.7 Å². The number of hydrogen-bond acceptors (Lipinski definition) is 7. The molecule has 0 unspecified atom stereocenters. The SMILES string of the molecule is C[C@H]1[C@@H](Oc2ccc(OCC(=O)O)cc2)O[C@@H]2O[C@@]3(C)CC[C@H]4[C@H](C)CC[C@@H]1[C@@]24OO3. The van der Waals surface area contributed by atoms with Gasteiger partial charge in [0.2, 0.25) is 12.1 Å². The van der Waals surface area contributed by atoms with Gasteiger partial charge in [-0.15, -0.1) is 0 Å². The monoisotopic (exact) mass is 434 g/mol. The molecule has 5 aliphatic rings. The molecular formula is C23H30O8. The van der Waals surface area contributed by atoms with Crippen molar-refractivity contribution >= 4 is 5.97 Å². The van der Waals surface area contributed by atoms with E-state index in [-0.39, 0.29) is 18.4 Å². The number of carboxylic acid groups (broad SMARTS) is 1. The molecule has 1 aromatic carbocycles. The molecule has 0 amide bonds. The summed E-state index contributed by atoms with van der Waals surface area (Å²) >= 11 is 0. The number of fused-ring (bicyclic) bond motifs is 2. The summed E-state index contributed by atoms with van der Waals surface area (Å²) in [5.41, 5.74) is -0.610. The van der Waals surface area contributed by atoms with Gasteiger partial charge in [0.1, 0.15) is 11.5 Å². The Balaban J connectivity index is 1.37. The molecule has 8 nitrogen and oxygen atoms in total. The molecule has 1 spiro atoms. The predicted octanol–water partition coefficient (Wildman–Crippen LogP) is 3.74. The van der Waals surface area contributed by atoms with Crippen LogP contribution < -0.4 is 9.47 Å². The quantitative estimate of drug-likeness (QED) is 0.701. The Hall–Kier alpha value is -1.87. The van der Waals surface area contributed by atoms with Gasteiger partial charge in [0.25, 0.3) is 0 Å². The molecule has 1 aliphatic carbocycles. The van der Waals surface area contributed by atoms with Crippen LogP contribution in [0.15, 0.2) is 24.3 Å². The van der Waals surface area contributed by atoms with Gasteiger partial charge in [0.15, 0.2) is 18.5 Å². The van der Waals surface area contributed by atoms with E-state index in [1.165, 1.54) is 0 Å². The first kappa shape index (κ1) is 21.0. The summed E-state index contributed by atoms with van der Waals surface area (Å²) in [5.74, 6) is 0.356. The minimum atomic E-state index is -1.02. The highest BCUT2D eigenvalue weighted by Crippen LogP contribution is 2.60. The normalized spacial score (nSPS) is 43.6. The highest BCUT2D eigenvalue weighted by Gasteiger charge is 2.69. The van der Waals surface area contributed by atoms with Crippen LogP contribution in [0.3, 0.4) is 0 Å². The Morgan fingerprint density at radius 1 is 1.10 bits per heavy atom. The first-order valence-electron chi connectivity index (χ1n) is 11.1.